The molecule has 3 N–H and O–H groups in total. The second-order valence-electron chi connectivity index (χ2n) is 6.34. The number of primary amides is 1. The Hall–Kier alpha value is -3.20. The van der Waals surface area contributed by atoms with Gasteiger partial charge in [0.1, 0.15) is 5.00 Å². The first kappa shape index (κ1) is 19.6. The summed E-state index contributed by atoms with van der Waals surface area (Å²) in [5.74, 6) is -2.56. The van der Waals surface area contributed by atoms with Crippen molar-refractivity contribution in [2.24, 2.45) is 11.7 Å². The quantitative estimate of drug-likeness (QED) is 0.680. The smallest absolute Gasteiger partial charge is 0.311 e. The Morgan fingerprint density at radius 3 is 2.68 bits per heavy atom. The number of nitrogens with one attached hydrogen (secondary N) is 1. The summed E-state index contributed by atoms with van der Waals surface area (Å²) in [4.78, 5) is 49.2. The van der Waals surface area contributed by atoms with Crippen molar-refractivity contribution in [2.45, 2.75) is 13.0 Å². The zero-order valence-electron chi connectivity index (χ0n) is 14.9. The molecule has 2 heterocycles. The molecule has 1 atom stereocenters. The molecule has 0 spiro atoms. The topological polar surface area (TPSA) is 119 Å². The number of benzene rings is 1. The van der Waals surface area contributed by atoms with Crippen molar-refractivity contribution in [3.8, 4) is 0 Å². The molecular weight excluding hydrogens is 382 g/mol. The third kappa shape index (κ3) is 4.74. The molecule has 0 unspecified atom stereocenters. The molecule has 1 aliphatic heterocycles. The van der Waals surface area contributed by atoms with E-state index in [0.29, 0.717) is 11.5 Å². The second-order valence-corrected chi connectivity index (χ2v) is 7.26. The SMILES string of the molecule is NC(=O)c1ccsc1NC(=O)COC(=O)[C@H]1CC(=O)N(Cc2ccccc2)C1. The number of esters is 1. The number of rotatable bonds is 7. The van der Waals surface area contributed by atoms with E-state index in [4.69, 9.17) is 10.5 Å². The molecule has 1 aromatic carbocycles. The number of hydrogen-bond acceptors (Lipinski definition) is 6. The first-order chi connectivity index (χ1) is 13.4. The van der Waals surface area contributed by atoms with Crippen LogP contribution in [0, 0.1) is 5.92 Å². The van der Waals surface area contributed by atoms with Crippen LogP contribution in [0.5, 0.6) is 0 Å². The third-order valence-electron chi connectivity index (χ3n) is 4.29. The van der Waals surface area contributed by atoms with Crippen LogP contribution < -0.4 is 11.1 Å². The highest BCUT2D eigenvalue weighted by molar-refractivity contribution is 7.14. The number of nitrogens with zero attached hydrogens (tertiary/aromatic N) is 1. The zero-order chi connectivity index (χ0) is 20.1. The average Bonchev–Trinajstić information content (AvgIpc) is 3.28. The molecule has 146 valence electrons. The van der Waals surface area contributed by atoms with E-state index >= 15 is 0 Å². The lowest BCUT2D eigenvalue weighted by molar-refractivity contribution is -0.151. The van der Waals surface area contributed by atoms with Gasteiger partial charge in [-0.1, -0.05) is 30.3 Å². The van der Waals surface area contributed by atoms with Gasteiger partial charge in [0.2, 0.25) is 5.91 Å². The molecule has 0 aliphatic carbocycles. The van der Waals surface area contributed by atoms with Crippen LogP contribution in [0.4, 0.5) is 5.00 Å². The second kappa shape index (κ2) is 8.66. The van der Waals surface area contributed by atoms with Crippen LogP contribution in [0.3, 0.4) is 0 Å². The summed E-state index contributed by atoms with van der Waals surface area (Å²) in [5.41, 5.74) is 6.39. The lowest BCUT2D eigenvalue weighted by atomic mass is 10.1. The van der Waals surface area contributed by atoms with Crippen LogP contribution in [0.15, 0.2) is 41.8 Å². The number of carbonyl (C=O) groups is 4. The Morgan fingerprint density at radius 2 is 1.96 bits per heavy atom. The van der Waals surface area contributed by atoms with Crippen LogP contribution in [-0.2, 0) is 25.7 Å². The van der Waals surface area contributed by atoms with Gasteiger partial charge in [0.05, 0.1) is 11.5 Å². The van der Waals surface area contributed by atoms with E-state index in [-0.39, 0.29) is 24.4 Å². The molecule has 1 saturated heterocycles. The van der Waals surface area contributed by atoms with E-state index in [2.05, 4.69) is 5.32 Å². The third-order valence-corrected chi connectivity index (χ3v) is 5.12. The average molecular weight is 401 g/mol. The molecule has 28 heavy (non-hydrogen) atoms. The predicted molar refractivity (Wildman–Crippen MR) is 102 cm³/mol. The van der Waals surface area contributed by atoms with Crippen LogP contribution in [0.25, 0.3) is 0 Å². The minimum atomic E-state index is -0.656. The van der Waals surface area contributed by atoms with E-state index in [1.165, 1.54) is 6.07 Å². The monoisotopic (exact) mass is 401 g/mol. The highest BCUT2D eigenvalue weighted by atomic mass is 32.1. The summed E-state index contributed by atoms with van der Waals surface area (Å²) in [6.45, 7) is 0.182. The molecular formula is C19H19N3O5S. The molecule has 0 radical (unpaired) electrons. The number of amides is 3. The summed E-state index contributed by atoms with van der Waals surface area (Å²) in [5, 5.41) is 4.41. The molecule has 3 amide bonds. The molecule has 0 bridgehead atoms. The molecule has 2 aromatic rings. The van der Waals surface area contributed by atoms with Crippen molar-refractivity contribution in [2.75, 3.05) is 18.5 Å². The number of thiophene rings is 1. The van der Waals surface area contributed by atoms with Crippen LogP contribution in [0.2, 0.25) is 0 Å². The van der Waals surface area contributed by atoms with Crippen LogP contribution in [0.1, 0.15) is 22.3 Å². The van der Waals surface area contributed by atoms with Gasteiger partial charge in [-0.15, -0.1) is 11.3 Å². The van der Waals surface area contributed by atoms with Gasteiger partial charge in [-0.05, 0) is 17.0 Å². The Labute approximate surface area is 165 Å². The molecule has 0 saturated carbocycles. The Kier molecular flexibility index (Phi) is 6.05. The normalized spacial score (nSPS) is 16.1. The van der Waals surface area contributed by atoms with Crippen molar-refractivity contribution >= 4 is 40.0 Å². The summed E-state index contributed by atoms with van der Waals surface area (Å²) >= 11 is 1.14. The van der Waals surface area contributed by atoms with E-state index in [1.807, 2.05) is 30.3 Å². The first-order valence-electron chi connectivity index (χ1n) is 8.59. The molecule has 8 nitrogen and oxygen atoms in total. The molecule has 3 rings (SSSR count). The minimum absolute atomic E-state index is 0.0596. The number of ether oxygens (including phenoxy) is 1. The van der Waals surface area contributed by atoms with Crippen LogP contribution in [-0.4, -0.2) is 41.7 Å². The summed E-state index contributed by atoms with van der Waals surface area (Å²) < 4.78 is 5.04. The van der Waals surface area contributed by atoms with Gasteiger partial charge in [-0.3, -0.25) is 19.2 Å². The number of likely N-dealkylation sites (tertiary alicyclic amines) is 1. The summed E-state index contributed by atoms with van der Waals surface area (Å²) in [6, 6.07) is 11.0. The fraction of sp³-hybridized carbons (Fsp3) is 0.263. The van der Waals surface area contributed by atoms with Gasteiger partial charge in [0, 0.05) is 19.5 Å². The van der Waals surface area contributed by atoms with Gasteiger partial charge >= 0.3 is 5.97 Å². The van der Waals surface area contributed by atoms with Crippen molar-refractivity contribution in [1.82, 2.24) is 4.90 Å². The molecule has 1 aliphatic rings. The van der Waals surface area contributed by atoms with Gasteiger partial charge in [-0.25, -0.2) is 0 Å². The van der Waals surface area contributed by atoms with Crippen LogP contribution >= 0.6 is 11.3 Å². The molecule has 1 fully saturated rings. The zero-order valence-corrected chi connectivity index (χ0v) is 15.7. The highest BCUT2D eigenvalue weighted by Gasteiger charge is 2.35. The maximum Gasteiger partial charge on any atom is 0.311 e. The summed E-state index contributed by atoms with van der Waals surface area (Å²) in [7, 11) is 0. The fourth-order valence-electron chi connectivity index (χ4n) is 2.90. The van der Waals surface area contributed by atoms with Crippen molar-refractivity contribution in [3.63, 3.8) is 0 Å². The molecule has 9 heteroatoms. The number of anilines is 1. The van der Waals surface area contributed by atoms with E-state index < -0.39 is 30.3 Å². The Bertz CT molecular complexity index is 896. The van der Waals surface area contributed by atoms with Gasteiger partial charge < -0.3 is 20.7 Å². The number of carbonyl (C=O) groups excluding carboxylic acids is 4. The van der Waals surface area contributed by atoms with Gasteiger partial charge in [-0.2, -0.15) is 0 Å². The lowest BCUT2D eigenvalue weighted by Crippen LogP contribution is -2.28. The van der Waals surface area contributed by atoms with E-state index in [9.17, 15) is 19.2 Å². The summed E-state index contributed by atoms with van der Waals surface area (Å²) in [6.07, 6.45) is 0.0596. The van der Waals surface area contributed by atoms with E-state index in [0.717, 1.165) is 16.9 Å². The van der Waals surface area contributed by atoms with Gasteiger partial charge in [0.25, 0.3) is 11.8 Å². The maximum absolute atomic E-state index is 12.2. The predicted octanol–water partition coefficient (Wildman–Crippen LogP) is 1.38. The van der Waals surface area contributed by atoms with Crippen molar-refractivity contribution in [3.05, 3.63) is 52.9 Å². The lowest BCUT2D eigenvalue weighted by Gasteiger charge is -2.16. The highest BCUT2D eigenvalue weighted by Crippen LogP contribution is 2.23. The van der Waals surface area contributed by atoms with Gasteiger partial charge in [0.15, 0.2) is 6.61 Å². The Morgan fingerprint density at radius 1 is 1.21 bits per heavy atom. The first-order valence-corrected chi connectivity index (χ1v) is 9.47. The number of hydrogen-bond donors (Lipinski definition) is 2. The minimum Gasteiger partial charge on any atom is -0.455 e. The largest absolute Gasteiger partial charge is 0.455 e. The fourth-order valence-corrected chi connectivity index (χ4v) is 3.71. The Balaban J connectivity index is 1.48. The molecule has 1 aromatic heterocycles. The van der Waals surface area contributed by atoms with Crippen molar-refractivity contribution in [1.29, 1.82) is 0 Å². The maximum atomic E-state index is 12.2. The van der Waals surface area contributed by atoms with E-state index in [1.54, 1.807) is 10.3 Å². The standard InChI is InChI=1S/C19H19N3O5S/c20-17(25)14-6-7-28-18(14)21-15(23)11-27-19(26)13-8-16(24)22(10-13)9-12-4-2-1-3-5-12/h1-7,13H,8-11H2,(H2,20,25)(H,21,23)/t13-/m0/s1. The number of nitrogens with two attached hydrogens (primary N) is 1. The van der Waals surface area contributed by atoms with Crippen molar-refractivity contribution < 1.29 is 23.9 Å².